The highest BCUT2D eigenvalue weighted by Gasteiger charge is 2.40. The lowest BCUT2D eigenvalue weighted by Gasteiger charge is -2.29. The molecule has 0 aliphatic carbocycles. The Balaban J connectivity index is 2.12. The van der Waals surface area contributed by atoms with E-state index >= 15 is 0 Å². The van der Waals surface area contributed by atoms with Crippen molar-refractivity contribution in [3.63, 3.8) is 0 Å². The highest BCUT2D eigenvalue weighted by molar-refractivity contribution is 6.10. The van der Waals surface area contributed by atoms with E-state index in [1.165, 1.54) is 32.9 Å². The maximum atomic E-state index is 15.0. The molecule has 0 radical (unpaired) electrons. The van der Waals surface area contributed by atoms with Crippen LogP contribution in [0.3, 0.4) is 0 Å². The Hall–Kier alpha value is -3.43. The van der Waals surface area contributed by atoms with E-state index in [4.69, 9.17) is 4.74 Å². The molecule has 41 heavy (non-hydrogen) atoms. The van der Waals surface area contributed by atoms with Gasteiger partial charge in [0.1, 0.15) is 16.9 Å². The zero-order valence-corrected chi connectivity index (χ0v) is 23.5. The van der Waals surface area contributed by atoms with Crippen molar-refractivity contribution in [3.05, 3.63) is 93.1 Å². The van der Waals surface area contributed by atoms with E-state index in [0.717, 1.165) is 18.4 Å². The van der Waals surface area contributed by atoms with Gasteiger partial charge in [-0.05, 0) is 54.2 Å². The molecule has 0 unspecified atom stereocenters. The molecular weight excluding hydrogens is 556 g/mol. The summed E-state index contributed by atoms with van der Waals surface area (Å²) < 4.78 is 125. The minimum absolute atomic E-state index is 0.0455. The first-order valence-electron chi connectivity index (χ1n) is 13.2. The molecule has 3 aromatic rings. The number of benzene rings is 3. The van der Waals surface area contributed by atoms with Gasteiger partial charge in [0.25, 0.3) is 0 Å². The number of hydrogen-bond donors (Lipinski definition) is 0. The van der Waals surface area contributed by atoms with Crippen LogP contribution >= 0.6 is 0 Å². The highest BCUT2D eigenvalue weighted by Crippen LogP contribution is 2.40. The van der Waals surface area contributed by atoms with Crippen LogP contribution in [0.2, 0.25) is 0 Å². The smallest absolute Gasteiger partial charge is 0.205 e. The molecule has 0 aromatic heterocycles. The molecule has 3 rings (SSSR count). The predicted octanol–water partition coefficient (Wildman–Crippen LogP) is 9.98. The third kappa shape index (κ3) is 5.33. The zero-order valence-electron chi connectivity index (χ0n) is 23.5. The van der Waals surface area contributed by atoms with Crippen LogP contribution in [0.4, 0.5) is 35.1 Å². The van der Waals surface area contributed by atoms with Crippen molar-refractivity contribution < 1.29 is 44.7 Å². The molecule has 0 heterocycles. The van der Waals surface area contributed by atoms with Crippen LogP contribution in [0, 0.1) is 46.5 Å². The number of rotatable bonds is 10. The second-order valence-electron chi connectivity index (χ2n) is 10.5. The molecule has 0 amide bonds. The maximum Gasteiger partial charge on any atom is 0.205 e. The fourth-order valence-electron chi connectivity index (χ4n) is 4.69. The molecule has 222 valence electrons. The van der Waals surface area contributed by atoms with Crippen LogP contribution in [-0.2, 0) is 10.8 Å². The molecule has 0 saturated heterocycles. The van der Waals surface area contributed by atoms with Gasteiger partial charge in [0.05, 0.1) is 0 Å². The monoisotopic (exact) mass is 586 g/mol. The molecule has 0 aliphatic heterocycles. The molecule has 0 bridgehead atoms. The van der Waals surface area contributed by atoms with E-state index in [1.54, 1.807) is 12.1 Å². The van der Waals surface area contributed by atoms with Crippen LogP contribution in [0.5, 0.6) is 11.5 Å². The number of ketones is 1. The third-order valence-corrected chi connectivity index (χ3v) is 8.44. The Morgan fingerprint density at radius 2 is 0.951 bits per heavy atom. The zero-order chi connectivity index (χ0) is 31.0. The average molecular weight is 587 g/mol. The summed E-state index contributed by atoms with van der Waals surface area (Å²) in [6, 6.07) is 5.88. The van der Waals surface area contributed by atoms with Gasteiger partial charge in [-0.25, -0.2) is 26.3 Å². The van der Waals surface area contributed by atoms with Gasteiger partial charge in [0, 0.05) is 5.56 Å². The number of carbonyl (C=O) groups excluding carboxylic acids is 1. The Bertz CT molecular complexity index is 1410. The molecule has 0 spiro atoms. The summed E-state index contributed by atoms with van der Waals surface area (Å²) in [4.78, 5) is 12.8. The van der Waals surface area contributed by atoms with E-state index in [-0.39, 0.29) is 24.0 Å². The summed E-state index contributed by atoms with van der Waals surface area (Å²) in [7, 11) is 0. The topological polar surface area (TPSA) is 26.3 Å². The molecule has 2 nitrogen and oxygen atoms in total. The molecule has 10 heteroatoms. The van der Waals surface area contributed by atoms with Gasteiger partial charge in [-0.1, -0.05) is 53.7 Å². The number of halogens is 8. The summed E-state index contributed by atoms with van der Waals surface area (Å²) in [5, 5.41) is 0. The molecule has 0 aliphatic rings. The van der Waals surface area contributed by atoms with Crippen molar-refractivity contribution in [3.8, 4) is 11.5 Å². The van der Waals surface area contributed by atoms with Crippen LogP contribution in [0.15, 0.2) is 24.3 Å². The molecule has 3 aromatic carbocycles. The van der Waals surface area contributed by atoms with E-state index in [1.807, 2.05) is 20.8 Å². The Labute approximate surface area is 233 Å². The van der Waals surface area contributed by atoms with Crippen LogP contribution < -0.4 is 4.74 Å². The highest BCUT2D eigenvalue weighted by atomic mass is 19.2. The second kappa shape index (κ2) is 11.8. The van der Waals surface area contributed by atoms with E-state index in [0.29, 0.717) is 0 Å². The van der Waals surface area contributed by atoms with Crippen molar-refractivity contribution in [1.29, 1.82) is 0 Å². The minimum atomic E-state index is -2.36. The normalized spacial score (nSPS) is 12.1. The van der Waals surface area contributed by atoms with Gasteiger partial charge in [-0.15, -0.1) is 0 Å². The van der Waals surface area contributed by atoms with E-state index < -0.39 is 80.2 Å². The summed E-state index contributed by atoms with van der Waals surface area (Å²) in [6.45, 7) is 10.3. The Morgan fingerprint density at radius 1 is 0.585 bits per heavy atom. The average Bonchev–Trinajstić information content (AvgIpc) is 2.97. The molecule has 0 atom stereocenters. The Morgan fingerprint density at radius 3 is 1.32 bits per heavy atom. The van der Waals surface area contributed by atoms with Crippen molar-refractivity contribution >= 4 is 5.78 Å². The van der Waals surface area contributed by atoms with Gasteiger partial charge in [0.15, 0.2) is 34.9 Å². The predicted molar refractivity (Wildman–Crippen MR) is 138 cm³/mol. The summed E-state index contributed by atoms with van der Waals surface area (Å²) >= 11 is 0. The fourth-order valence-corrected chi connectivity index (χ4v) is 4.69. The van der Waals surface area contributed by atoms with Crippen LogP contribution in [0.25, 0.3) is 0 Å². The van der Waals surface area contributed by atoms with Gasteiger partial charge in [-0.2, -0.15) is 8.78 Å². The minimum Gasteiger partial charge on any atom is -0.451 e. The first-order valence-corrected chi connectivity index (χ1v) is 13.2. The lowest BCUT2D eigenvalue weighted by molar-refractivity contribution is 0.101. The van der Waals surface area contributed by atoms with Gasteiger partial charge < -0.3 is 4.74 Å². The van der Waals surface area contributed by atoms with Gasteiger partial charge in [0.2, 0.25) is 23.2 Å². The lowest BCUT2D eigenvalue weighted by Crippen LogP contribution is -2.27. The third-order valence-electron chi connectivity index (χ3n) is 8.44. The summed E-state index contributed by atoms with van der Waals surface area (Å²) in [6.07, 6.45) is 1.66. The van der Waals surface area contributed by atoms with Crippen molar-refractivity contribution in [2.24, 2.45) is 0 Å². The van der Waals surface area contributed by atoms with Gasteiger partial charge >= 0.3 is 0 Å². The second-order valence-corrected chi connectivity index (χ2v) is 10.5. The number of ether oxygens (including phenoxy) is 1. The molecule has 0 saturated carbocycles. The quantitative estimate of drug-likeness (QED) is 0.134. The largest absolute Gasteiger partial charge is 0.451 e. The Kier molecular flexibility index (Phi) is 9.25. The number of hydrogen-bond acceptors (Lipinski definition) is 2. The number of carbonyl (C=O) groups is 1. The standard InChI is InChI=1S/C31H30F8O2/c1-7-30(5,8-2)15-11-13-16(14-12-15)41-29-26(38)22(34)18(23(35)27(29)39)28(40)17-20(32)24(36)19(25(37)21(17)33)31(6,9-3)10-4/h11-14H,7-10H2,1-6H3. The SMILES string of the molecule is CCC(C)(CC)c1ccc(Oc2c(F)c(F)c(C(=O)c3c(F)c(F)c(C(C)(CC)CC)c(F)c3F)c(F)c2F)cc1. The van der Waals surface area contributed by atoms with Crippen LogP contribution in [0.1, 0.15) is 94.3 Å². The molecular formula is C31H30F8O2. The van der Waals surface area contributed by atoms with Crippen molar-refractivity contribution in [2.45, 2.75) is 78.1 Å². The van der Waals surface area contributed by atoms with Crippen molar-refractivity contribution in [1.82, 2.24) is 0 Å². The molecule has 0 fully saturated rings. The summed E-state index contributed by atoms with van der Waals surface area (Å²) in [5.41, 5.74) is -5.84. The summed E-state index contributed by atoms with van der Waals surface area (Å²) in [5.74, 6) is -21.6. The first kappa shape index (κ1) is 32.1. The van der Waals surface area contributed by atoms with Crippen molar-refractivity contribution in [2.75, 3.05) is 0 Å². The first-order chi connectivity index (χ1) is 19.1. The fraction of sp³-hybridized carbons (Fsp3) is 0.387. The maximum absolute atomic E-state index is 15.0. The van der Waals surface area contributed by atoms with E-state index in [2.05, 4.69) is 0 Å². The van der Waals surface area contributed by atoms with E-state index in [9.17, 15) is 39.9 Å². The lowest BCUT2D eigenvalue weighted by atomic mass is 9.76. The van der Waals surface area contributed by atoms with Crippen LogP contribution in [-0.4, -0.2) is 5.78 Å². The molecule has 0 N–H and O–H groups in total. The van der Waals surface area contributed by atoms with Gasteiger partial charge in [-0.3, -0.25) is 4.79 Å².